The van der Waals surface area contributed by atoms with E-state index in [9.17, 15) is 0 Å². The van der Waals surface area contributed by atoms with E-state index in [2.05, 4.69) is 15.0 Å². The van der Waals surface area contributed by atoms with Crippen LogP contribution in [0.4, 0.5) is 11.8 Å². The number of ether oxygens (including phenoxy) is 1. The number of nitrogens with two attached hydrogens (primary N) is 1. The molecule has 3 heterocycles. The van der Waals surface area contributed by atoms with Gasteiger partial charge in [-0.2, -0.15) is 10.1 Å². The standard InChI is InChI=1S/C18H22N6O/c1-23-16(19)14-15(12-7-6-8-13(11-12)25-2)20-18(21-17(14)22-23)24-9-4-3-5-10-24/h6-8,11H,3-5,9-10,19H2,1-2H3. The van der Waals surface area contributed by atoms with Crippen molar-refractivity contribution in [3.05, 3.63) is 24.3 Å². The normalized spacial score (nSPS) is 14.9. The smallest absolute Gasteiger partial charge is 0.228 e. The zero-order valence-electron chi connectivity index (χ0n) is 14.6. The highest BCUT2D eigenvalue weighted by atomic mass is 16.5. The van der Waals surface area contributed by atoms with E-state index in [-0.39, 0.29) is 0 Å². The molecule has 0 amide bonds. The summed E-state index contributed by atoms with van der Waals surface area (Å²) in [6, 6.07) is 7.85. The van der Waals surface area contributed by atoms with Crippen LogP contribution in [0.25, 0.3) is 22.3 Å². The summed E-state index contributed by atoms with van der Waals surface area (Å²) in [5, 5.41) is 5.27. The van der Waals surface area contributed by atoms with Crippen molar-refractivity contribution in [2.75, 3.05) is 30.8 Å². The van der Waals surface area contributed by atoms with Gasteiger partial charge in [0.25, 0.3) is 0 Å². The second-order valence-corrected chi connectivity index (χ2v) is 6.36. The van der Waals surface area contributed by atoms with E-state index >= 15 is 0 Å². The number of methoxy groups -OCH3 is 1. The lowest BCUT2D eigenvalue weighted by Gasteiger charge is -2.26. The quantitative estimate of drug-likeness (QED) is 0.790. The highest BCUT2D eigenvalue weighted by Gasteiger charge is 2.21. The summed E-state index contributed by atoms with van der Waals surface area (Å²) in [7, 11) is 3.49. The maximum absolute atomic E-state index is 6.25. The monoisotopic (exact) mass is 338 g/mol. The molecular formula is C18H22N6O. The first-order chi connectivity index (χ1) is 12.2. The molecule has 7 nitrogen and oxygen atoms in total. The maximum Gasteiger partial charge on any atom is 0.228 e. The summed E-state index contributed by atoms with van der Waals surface area (Å²) in [5.74, 6) is 2.08. The van der Waals surface area contributed by atoms with Crippen LogP contribution in [0.2, 0.25) is 0 Å². The van der Waals surface area contributed by atoms with Crippen molar-refractivity contribution in [1.29, 1.82) is 0 Å². The van der Waals surface area contributed by atoms with E-state index in [1.165, 1.54) is 19.3 Å². The molecule has 1 aliphatic heterocycles. The van der Waals surface area contributed by atoms with Crippen LogP contribution in [0.3, 0.4) is 0 Å². The largest absolute Gasteiger partial charge is 0.497 e. The first-order valence-corrected chi connectivity index (χ1v) is 8.57. The Labute approximate surface area is 146 Å². The number of rotatable bonds is 3. The molecule has 0 saturated carbocycles. The van der Waals surface area contributed by atoms with Gasteiger partial charge in [-0.3, -0.25) is 4.68 Å². The van der Waals surface area contributed by atoms with Crippen molar-refractivity contribution >= 4 is 22.8 Å². The minimum absolute atomic E-state index is 0.568. The fourth-order valence-electron chi connectivity index (χ4n) is 3.32. The molecule has 1 aliphatic rings. The Morgan fingerprint density at radius 1 is 1.12 bits per heavy atom. The number of aryl methyl sites for hydroxylation is 1. The number of nitrogen functional groups attached to an aromatic ring is 1. The van der Waals surface area contributed by atoms with Gasteiger partial charge in [-0.1, -0.05) is 12.1 Å². The predicted molar refractivity (Wildman–Crippen MR) is 98.8 cm³/mol. The van der Waals surface area contributed by atoms with Crippen LogP contribution in [-0.4, -0.2) is 39.9 Å². The first-order valence-electron chi connectivity index (χ1n) is 8.57. The van der Waals surface area contributed by atoms with Gasteiger partial charge < -0.3 is 15.4 Å². The Balaban J connectivity index is 1.93. The second-order valence-electron chi connectivity index (χ2n) is 6.36. The van der Waals surface area contributed by atoms with Crippen molar-refractivity contribution < 1.29 is 4.74 Å². The Hall–Kier alpha value is -2.83. The fourth-order valence-corrected chi connectivity index (χ4v) is 3.32. The molecular weight excluding hydrogens is 316 g/mol. The van der Waals surface area contributed by atoms with E-state index in [1.807, 2.05) is 31.3 Å². The molecule has 7 heteroatoms. The van der Waals surface area contributed by atoms with Gasteiger partial charge in [0.15, 0.2) is 5.65 Å². The van der Waals surface area contributed by atoms with E-state index in [4.69, 9.17) is 15.5 Å². The zero-order valence-corrected chi connectivity index (χ0v) is 14.6. The second kappa shape index (κ2) is 6.23. The van der Waals surface area contributed by atoms with Gasteiger partial charge in [-0.05, 0) is 31.4 Å². The lowest BCUT2D eigenvalue weighted by Crippen LogP contribution is -2.31. The first kappa shape index (κ1) is 15.7. The van der Waals surface area contributed by atoms with Crippen LogP contribution in [0.5, 0.6) is 5.75 Å². The molecule has 0 bridgehead atoms. The van der Waals surface area contributed by atoms with Crippen molar-refractivity contribution in [2.24, 2.45) is 7.05 Å². The SMILES string of the molecule is COc1cccc(-c2nc(N3CCCCC3)nc3nn(C)c(N)c23)c1. The average molecular weight is 338 g/mol. The molecule has 4 rings (SSSR count). The molecule has 2 N–H and O–H groups in total. The molecule has 1 aromatic carbocycles. The van der Waals surface area contributed by atoms with Gasteiger partial charge in [0.05, 0.1) is 18.2 Å². The van der Waals surface area contributed by atoms with Crippen LogP contribution < -0.4 is 15.4 Å². The molecule has 0 atom stereocenters. The zero-order chi connectivity index (χ0) is 17.4. The molecule has 0 unspecified atom stereocenters. The predicted octanol–water partition coefficient (Wildman–Crippen LogP) is 2.61. The molecule has 25 heavy (non-hydrogen) atoms. The van der Waals surface area contributed by atoms with E-state index in [0.717, 1.165) is 41.4 Å². The third kappa shape index (κ3) is 2.75. The Morgan fingerprint density at radius 3 is 2.68 bits per heavy atom. The van der Waals surface area contributed by atoms with Gasteiger partial charge in [-0.15, -0.1) is 0 Å². The van der Waals surface area contributed by atoms with Crippen molar-refractivity contribution in [2.45, 2.75) is 19.3 Å². The maximum atomic E-state index is 6.25. The highest BCUT2D eigenvalue weighted by Crippen LogP contribution is 2.33. The van der Waals surface area contributed by atoms with Crippen molar-refractivity contribution in [3.63, 3.8) is 0 Å². The number of benzene rings is 1. The minimum Gasteiger partial charge on any atom is -0.497 e. The molecule has 1 fully saturated rings. The van der Waals surface area contributed by atoms with Gasteiger partial charge in [-0.25, -0.2) is 4.98 Å². The number of hydrogen-bond donors (Lipinski definition) is 1. The van der Waals surface area contributed by atoms with Crippen molar-refractivity contribution in [1.82, 2.24) is 19.7 Å². The van der Waals surface area contributed by atoms with Crippen LogP contribution in [-0.2, 0) is 7.05 Å². The molecule has 130 valence electrons. The molecule has 0 radical (unpaired) electrons. The number of anilines is 2. The third-order valence-electron chi connectivity index (χ3n) is 4.71. The molecule has 2 aromatic heterocycles. The summed E-state index contributed by atoms with van der Waals surface area (Å²) >= 11 is 0. The molecule has 0 aliphatic carbocycles. The lowest BCUT2D eigenvalue weighted by molar-refractivity contribution is 0.415. The van der Waals surface area contributed by atoms with Gasteiger partial charge in [0.1, 0.15) is 11.6 Å². The number of nitrogens with zero attached hydrogens (tertiary/aromatic N) is 5. The number of hydrogen-bond acceptors (Lipinski definition) is 6. The summed E-state index contributed by atoms with van der Waals surface area (Å²) in [5.41, 5.74) is 8.63. The molecule has 3 aromatic rings. The summed E-state index contributed by atoms with van der Waals surface area (Å²) in [4.78, 5) is 11.8. The van der Waals surface area contributed by atoms with E-state index in [1.54, 1.807) is 11.8 Å². The summed E-state index contributed by atoms with van der Waals surface area (Å²) in [6.45, 7) is 1.96. The topological polar surface area (TPSA) is 82.1 Å². The van der Waals surface area contributed by atoms with Crippen LogP contribution in [0, 0.1) is 0 Å². The Kier molecular flexibility index (Phi) is 3.91. The summed E-state index contributed by atoms with van der Waals surface area (Å²) < 4.78 is 7.02. The Morgan fingerprint density at radius 2 is 1.92 bits per heavy atom. The Bertz CT molecular complexity index is 913. The van der Waals surface area contributed by atoms with Gasteiger partial charge in [0.2, 0.25) is 5.95 Å². The fraction of sp³-hybridized carbons (Fsp3) is 0.389. The van der Waals surface area contributed by atoms with E-state index in [0.29, 0.717) is 11.5 Å². The molecule has 0 spiro atoms. The van der Waals surface area contributed by atoms with Crippen LogP contribution in [0.15, 0.2) is 24.3 Å². The lowest BCUT2D eigenvalue weighted by atomic mass is 10.1. The number of piperidine rings is 1. The number of fused-ring (bicyclic) bond motifs is 1. The van der Waals surface area contributed by atoms with E-state index < -0.39 is 0 Å². The third-order valence-corrected chi connectivity index (χ3v) is 4.71. The molecule has 1 saturated heterocycles. The van der Waals surface area contributed by atoms with Crippen LogP contribution in [0.1, 0.15) is 19.3 Å². The number of aromatic nitrogens is 4. The van der Waals surface area contributed by atoms with Crippen molar-refractivity contribution in [3.8, 4) is 17.0 Å². The van der Waals surface area contributed by atoms with Crippen LogP contribution >= 0.6 is 0 Å². The highest BCUT2D eigenvalue weighted by molar-refractivity contribution is 5.99. The summed E-state index contributed by atoms with van der Waals surface area (Å²) in [6.07, 6.45) is 3.60. The van der Waals surface area contributed by atoms with Gasteiger partial charge in [0, 0.05) is 25.7 Å². The minimum atomic E-state index is 0.568. The van der Waals surface area contributed by atoms with Gasteiger partial charge >= 0.3 is 0 Å². The average Bonchev–Trinajstić information content (AvgIpc) is 2.96.